The molecule has 0 saturated heterocycles. The summed E-state index contributed by atoms with van der Waals surface area (Å²) in [6.07, 6.45) is -1.60. The highest BCUT2D eigenvalue weighted by atomic mass is 35.6. The molecule has 0 aromatic heterocycles. The van der Waals surface area contributed by atoms with Crippen molar-refractivity contribution in [3.63, 3.8) is 0 Å². The van der Waals surface area contributed by atoms with Crippen LogP contribution in [-0.4, -0.2) is 28.7 Å². The highest BCUT2D eigenvalue weighted by Gasteiger charge is 2.41. The van der Waals surface area contributed by atoms with Gasteiger partial charge in [-0.05, 0) is 19.1 Å². The maximum absolute atomic E-state index is 12.1. The third-order valence-corrected chi connectivity index (χ3v) is 5.18. The first-order valence-corrected chi connectivity index (χ1v) is 7.39. The Balaban J connectivity index is 3.09. The van der Waals surface area contributed by atoms with Crippen LogP contribution in [0.5, 0.6) is 0 Å². The third-order valence-electron chi connectivity index (χ3n) is 2.34. The van der Waals surface area contributed by atoms with Crippen LogP contribution in [0.4, 0.5) is 0 Å². The lowest BCUT2D eigenvalue weighted by Crippen LogP contribution is -2.40. The molecule has 0 radical (unpaired) electrons. The average Bonchev–Trinajstić information content (AvgIpc) is 2.27. The van der Waals surface area contributed by atoms with Crippen LogP contribution >= 0.6 is 34.8 Å². The minimum absolute atomic E-state index is 0.0841. The number of sulfone groups is 1. The molecule has 17 heavy (non-hydrogen) atoms. The minimum Gasteiger partial charge on any atom is -0.387 e. The van der Waals surface area contributed by atoms with E-state index in [1.54, 1.807) is 18.2 Å². The van der Waals surface area contributed by atoms with E-state index in [4.69, 9.17) is 34.8 Å². The number of rotatable bonds is 3. The molecule has 0 saturated carbocycles. The maximum Gasteiger partial charge on any atom is 0.217 e. The largest absolute Gasteiger partial charge is 0.387 e. The Bertz CT molecular complexity index is 467. The Kier molecular flexibility index (Phi) is 4.72. The molecule has 0 aliphatic rings. The zero-order chi connectivity index (χ0) is 13.3. The van der Waals surface area contributed by atoms with Gasteiger partial charge in [-0.2, -0.15) is 0 Å². The molecule has 0 aliphatic heterocycles. The summed E-state index contributed by atoms with van der Waals surface area (Å²) in [6, 6.07) is 7.71. The molecular formula is C10H11Cl3O3S. The molecular weight excluding hydrogens is 307 g/mol. The summed E-state index contributed by atoms with van der Waals surface area (Å²) in [7, 11) is -3.72. The van der Waals surface area contributed by atoms with E-state index in [1.807, 2.05) is 0 Å². The molecule has 1 N–H and O–H groups in total. The van der Waals surface area contributed by atoms with Gasteiger partial charge in [0.2, 0.25) is 3.79 Å². The van der Waals surface area contributed by atoms with Crippen molar-refractivity contribution in [3.8, 4) is 0 Å². The summed E-state index contributed by atoms with van der Waals surface area (Å²) in [5.41, 5.74) is 0. The maximum atomic E-state index is 12.1. The Hall–Kier alpha value is -0.000000000000000222. The summed E-state index contributed by atoms with van der Waals surface area (Å²) in [5.74, 6) is 0. The molecule has 2 unspecified atom stereocenters. The number of hydrogen-bond acceptors (Lipinski definition) is 3. The van der Waals surface area contributed by atoms with Crippen molar-refractivity contribution in [3.05, 3.63) is 30.3 Å². The lowest BCUT2D eigenvalue weighted by Gasteiger charge is -2.24. The van der Waals surface area contributed by atoms with E-state index in [0.29, 0.717) is 0 Å². The van der Waals surface area contributed by atoms with Gasteiger partial charge in [0.1, 0.15) is 6.10 Å². The van der Waals surface area contributed by atoms with Gasteiger partial charge in [-0.15, -0.1) is 0 Å². The predicted octanol–water partition coefficient (Wildman–Crippen LogP) is 2.58. The Morgan fingerprint density at radius 1 is 1.18 bits per heavy atom. The van der Waals surface area contributed by atoms with Gasteiger partial charge in [0.25, 0.3) is 0 Å². The zero-order valence-electron chi connectivity index (χ0n) is 8.85. The predicted molar refractivity (Wildman–Crippen MR) is 69.4 cm³/mol. The van der Waals surface area contributed by atoms with Crippen molar-refractivity contribution >= 4 is 44.6 Å². The van der Waals surface area contributed by atoms with Crippen molar-refractivity contribution in [1.82, 2.24) is 0 Å². The van der Waals surface area contributed by atoms with Crippen LogP contribution in [0.15, 0.2) is 35.2 Å². The van der Waals surface area contributed by atoms with Gasteiger partial charge in [-0.3, -0.25) is 0 Å². The molecule has 7 heteroatoms. The summed E-state index contributed by atoms with van der Waals surface area (Å²) in [4.78, 5) is 0.0841. The highest BCUT2D eigenvalue weighted by Crippen LogP contribution is 2.35. The van der Waals surface area contributed by atoms with Gasteiger partial charge in [-0.1, -0.05) is 53.0 Å². The Morgan fingerprint density at radius 2 is 1.65 bits per heavy atom. The topological polar surface area (TPSA) is 54.4 Å². The van der Waals surface area contributed by atoms with E-state index >= 15 is 0 Å². The van der Waals surface area contributed by atoms with Gasteiger partial charge in [0.05, 0.1) is 10.1 Å². The van der Waals surface area contributed by atoms with Crippen molar-refractivity contribution in [2.75, 3.05) is 0 Å². The van der Waals surface area contributed by atoms with Gasteiger partial charge in [0.15, 0.2) is 9.84 Å². The van der Waals surface area contributed by atoms with Crippen LogP contribution in [-0.2, 0) is 9.84 Å². The quantitative estimate of drug-likeness (QED) is 0.872. The van der Waals surface area contributed by atoms with Crippen molar-refractivity contribution in [2.24, 2.45) is 0 Å². The molecule has 3 nitrogen and oxygen atoms in total. The van der Waals surface area contributed by atoms with Crippen LogP contribution in [0.3, 0.4) is 0 Å². The molecule has 1 aromatic carbocycles. The molecule has 2 atom stereocenters. The Morgan fingerprint density at radius 3 is 2.06 bits per heavy atom. The first-order chi connectivity index (χ1) is 7.67. The molecule has 1 aromatic rings. The number of benzene rings is 1. The fraction of sp³-hybridized carbons (Fsp3) is 0.400. The van der Waals surface area contributed by atoms with E-state index in [9.17, 15) is 13.5 Å². The Labute approximate surface area is 115 Å². The molecule has 0 amide bonds. The van der Waals surface area contributed by atoms with E-state index in [-0.39, 0.29) is 4.90 Å². The van der Waals surface area contributed by atoms with Gasteiger partial charge < -0.3 is 5.11 Å². The van der Waals surface area contributed by atoms with E-state index < -0.39 is 25.0 Å². The lowest BCUT2D eigenvalue weighted by atomic mass is 10.3. The van der Waals surface area contributed by atoms with Crippen LogP contribution in [0, 0.1) is 0 Å². The number of alkyl halides is 3. The van der Waals surface area contributed by atoms with E-state index in [0.717, 1.165) is 0 Å². The fourth-order valence-electron chi connectivity index (χ4n) is 1.26. The summed E-state index contributed by atoms with van der Waals surface area (Å²) in [6.45, 7) is 1.30. The summed E-state index contributed by atoms with van der Waals surface area (Å²) >= 11 is 16.5. The number of aliphatic hydroxyl groups is 1. The molecule has 0 spiro atoms. The smallest absolute Gasteiger partial charge is 0.217 e. The van der Waals surface area contributed by atoms with Crippen LogP contribution < -0.4 is 0 Å². The summed E-state index contributed by atoms with van der Waals surface area (Å²) in [5, 5.41) is 8.47. The first-order valence-electron chi connectivity index (χ1n) is 4.71. The van der Waals surface area contributed by atoms with E-state index in [1.165, 1.54) is 19.1 Å². The van der Waals surface area contributed by atoms with Crippen LogP contribution in [0.25, 0.3) is 0 Å². The monoisotopic (exact) mass is 316 g/mol. The second-order valence-electron chi connectivity index (χ2n) is 3.55. The number of hydrogen-bond donors (Lipinski definition) is 1. The zero-order valence-corrected chi connectivity index (χ0v) is 11.9. The number of halogens is 3. The van der Waals surface area contributed by atoms with Crippen LogP contribution in [0.2, 0.25) is 0 Å². The normalized spacial score (nSPS) is 16.5. The molecule has 0 aliphatic carbocycles. The fourth-order valence-corrected chi connectivity index (χ4v) is 3.56. The second-order valence-corrected chi connectivity index (χ2v) is 8.22. The minimum atomic E-state index is -3.72. The molecule has 0 heterocycles. The third kappa shape index (κ3) is 3.48. The SMILES string of the molecule is CC(C(O)C(Cl)(Cl)Cl)S(=O)(=O)c1ccccc1. The van der Waals surface area contributed by atoms with E-state index in [2.05, 4.69) is 0 Å². The summed E-state index contributed by atoms with van der Waals surface area (Å²) < 4.78 is 22.1. The van der Waals surface area contributed by atoms with Crippen molar-refractivity contribution in [1.29, 1.82) is 0 Å². The van der Waals surface area contributed by atoms with Crippen molar-refractivity contribution < 1.29 is 13.5 Å². The lowest BCUT2D eigenvalue weighted by molar-refractivity contribution is 0.177. The molecule has 0 fully saturated rings. The highest BCUT2D eigenvalue weighted by molar-refractivity contribution is 7.92. The van der Waals surface area contributed by atoms with Crippen molar-refractivity contribution in [2.45, 2.75) is 27.0 Å². The standard InChI is InChI=1S/C10H11Cl3O3S/c1-7(9(14)10(11,12)13)17(15,16)8-5-3-2-4-6-8/h2-7,9,14H,1H3. The van der Waals surface area contributed by atoms with Gasteiger partial charge in [0, 0.05) is 0 Å². The number of aliphatic hydroxyl groups excluding tert-OH is 1. The average molecular weight is 318 g/mol. The first kappa shape index (κ1) is 15.1. The molecule has 1 rings (SSSR count). The van der Waals surface area contributed by atoms with Crippen LogP contribution in [0.1, 0.15) is 6.92 Å². The van der Waals surface area contributed by atoms with Gasteiger partial charge >= 0.3 is 0 Å². The van der Waals surface area contributed by atoms with Gasteiger partial charge in [-0.25, -0.2) is 8.42 Å². The molecule has 96 valence electrons. The second kappa shape index (κ2) is 5.33. The molecule has 0 bridgehead atoms.